The smallest absolute Gasteiger partial charge is 0.287 e. The maximum atomic E-state index is 13.0. The van der Waals surface area contributed by atoms with Crippen molar-refractivity contribution in [3.05, 3.63) is 47.0 Å². The molecule has 0 saturated heterocycles. The number of benzene rings is 1. The number of nitrogens with zero attached hydrogens (tertiary/aromatic N) is 2. The number of imidazole rings is 1. The van der Waals surface area contributed by atoms with Gasteiger partial charge in [-0.3, -0.25) is 9.59 Å². The number of nitrogens with one attached hydrogen (secondary N) is 2. The standard InChI is InChI=1S/C21H28N4O2/c1-4-12-22-21(27)19-24-18(17-11-7-8-13-25(17)19)20(26)23-16-10-6-5-9-15(16)14(2)3/h5-6,9-10,14H,4,7-8,11-13H2,1-3H3,(H,22,27)(H,23,26). The van der Waals surface area contributed by atoms with E-state index in [1.807, 2.05) is 35.8 Å². The minimum absolute atomic E-state index is 0.207. The molecule has 2 amide bonds. The lowest BCUT2D eigenvalue weighted by atomic mass is 10.0. The summed E-state index contributed by atoms with van der Waals surface area (Å²) in [5.74, 6) is 0.193. The fourth-order valence-corrected chi connectivity index (χ4v) is 3.51. The van der Waals surface area contributed by atoms with E-state index in [1.54, 1.807) is 0 Å². The molecule has 0 bridgehead atoms. The molecule has 2 N–H and O–H groups in total. The molecule has 0 saturated carbocycles. The summed E-state index contributed by atoms with van der Waals surface area (Å²) >= 11 is 0. The van der Waals surface area contributed by atoms with Gasteiger partial charge in [0.1, 0.15) is 0 Å². The molecule has 2 aromatic rings. The van der Waals surface area contributed by atoms with Crippen LogP contribution in [-0.4, -0.2) is 27.9 Å². The van der Waals surface area contributed by atoms with E-state index in [9.17, 15) is 9.59 Å². The largest absolute Gasteiger partial charge is 0.349 e. The molecule has 1 aliphatic rings. The predicted molar refractivity (Wildman–Crippen MR) is 106 cm³/mol. The predicted octanol–water partition coefficient (Wildman–Crippen LogP) is 3.73. The Balaban J connectivity index is 1.91. The third kappa shape index (κ3) is 4.04. The van der Waals surface area contributed by atoms with Gasteiger partial charge in [-0.05, 0) is 43.2 Å². The van der Waals surface area contributed by atoms with Gasteiger partial charge in [0.25, 0.3) is 11.8 Å². The summed E-state index contributed by atoms with van der Waals surface area (Å²) in [5.41, 5.74) is 3.12. The van der Waals surface area contributed by atoms with Gasteiger partial charge in [-0.2, -0.15) is 0 Å². The van der Waals surface area contributed by atoms with Gasteiger partial charge in [0.05, 0.1) is 5.69 Å². The van der Waals surface area contributed by atoms with E-state index in [-0.39, 0.29) is 11.8 Å². The van der Waals surface area contributed by atoms with Crippen molar-refractivity contribution >= 4 is 17.5 Å². The van der Waals surface area contributed by atoms with E-state index in [1.165, 1.54) is 0 Å². The highest BCUT2D eigenvalue weighted by Crippen LogP contribution is 2.26. The zero-order valence-electron chi connectivity index (χ0n) is 16.3. The maximum Gasteiger partial charge on any atom is 0.287 e. The molecule has 2 heterocycles. The molecule has 0 unspecified atom stereocenters. The molecular formula is C21H28N4O2. The molecule has 6 heteroatoms. The van der Waals surface area contributed by atoms with E-state index in [2.05, 4.69) is 29.5 Å². The Hall–Kier alpha value is -2.63. The van der Waals surface area contributed by atoms with Crippen molar-refractivity contribution in [2.75, 3.05) is 11.9 Å². The number of fused-ring (bicyclic) bond motifs is 1. The Bertz CT molecular complexity index is 839. The van der Waals surface area contributed by atoms with Crippen LogP contribution in [0.2, 0.25) is 0 Å². The third-order valence-corrected chi connectivity index (χ3v) is 4.90. The number of amides is 2. The van der Waals surface area contributed by atoms with Crippen LogP contribution in [0.25, 0.3) is 0 Å². The first kappa shape index (κ1) is 19.1. The highest BCUT2D eigenvalue weighted by atomic mass is 16.2. The number of anilines is 1. The second kappa shape index (κ2) is 8.37. The first-order chi connectivity index (χ1) is 13.0. The van der Waals surface area contributed by atoms with E-state index in [0.29, 0.717) is 24.0 Å². The number of carbonyl (C=O) groups excluding carboxylic acids is 2. The lowest BCUT2D eigenvalue weighted by molar-refractivity contribution is 0.0937. The minimum atomic E-state index is -0.247. The zero-order chi connectivity index (χ0) is 19.4. The topological polar surface area (TPSA) is 76.0 Å². The quantitative estimate of drug-likeness (QED) is 0.816. The number of rotatable bonds is 6. The highest BCUT2D eigenvalue weighted by Gasteiger charge is 2.27. The number of hydrogen-bond donors (Lipinski definition) is 2. The summed E-state index contributed by atoms with van der Waals surface area (Å²) in [6.45, 7) is 7.53. The summed E-state index contributed by atoms with van der Waals surface area (Å²) in [6, 6.07) is 7.81. The summed E-state index contributed by atoms with van der Waals surface area (Å²) in [6.07, 6.45) is 3.63. The fraction of sp³-hybridized carbons (Fsp3) is 0.476. The molecule has 0 spiro atoms. The summed E-state index contributed by atoms with van der Waals surface area (Å²) in [4.78, 5) is 29.9. The normalized spacial score (nSPS) is 13.3. The van der Waals surface area contributed by atoms with E-state index < -0.39 is 0 Å². The fourth-order valence-electron chi connectivity index (χ4n) is 3.51. The Morgan fingerprint density at radius 2 is 1.96 bits per heavy atom. The molecule has 6 nitrogen and oxygen atoms in total. The van der Waals surface area contributed by atoms with Crippen LogP contribution in [-0.2, 0) is 13.0 Å². The van der Waals surface area contributed by atoms with Crippen LogP contribution in [0.5, 0.6) is 0 Å². The number of para-hydroxylation sites is 1. The summed E-state index contributed by atoms with van der Waals surface area (Å²) < 4.78 is 1.91. The van der Waals surface area contributed by atoms with Crippen LogP contribution in [0.15, 0.2) is 24.3 Å². The Morgan fingerprint density at radius 1 is 1.19 bits per heavy atom. The molecular weight excluding hydrogens is 340 g/mol. The lowest BCUT2D eigenvalue weighted by Gasteiger charge is -2.17. The van der Waals surface area contributed by atoms with Gasteiger partial charge in [-0.25, -0.2) is 4.98 Å². The Kier molecular flexibility index (Phi) is 5.94. The van der Waals surface area contributed by atoms with Gasteiger partial charge in [-0.15, -0.1) is 0 Å². The summed E-state index contributed by atoms with van der Waals surface area (Å²) in [5, 5.41) is 5.88. The minimum Gasteiger partial charge on any atom is -0.349 e. The maximum absolute atomic E-state index is 13.0. The number of hydrogen-bond acceptors (Lipinski definition) is 3. The van der Waals surface area contributed by atoms with E-state index >= 15 is 0 Å². The van der Waals surface area contributed by atoms with Crippen LogP contribution in [0, 0.1) is 0 Å². The van der Waals surface area contributed by atoms with Crippen LogP contribution in [0.3, 0.4) is 0 Å². The second-order valence-corrected chi connectivity index (χ2v) is 7.29. The molecule has 1 aliphatic heterocycles. The van der Waals surface area contributed by atoms with Gasteiger partial charge in [0.15, 0.2) is 11.5 Å². The monoisotopic (exact) mass is 368 g/mol. The number of aromatic nitrogens is 2. The molecule has 144 valence electrons. The molecule has 0 atom stereocenters. The molecule has 1 aromatic carbocycles. The molecule has 0 radical (unpaired) electrons. The van der Waals surface area contributed by atoms with Gasteiger partial charge in [0.2, 0.25) is 0 Å². The van der Waals surface area contributed by atoms with Crippen molar-refractivity contribution in [3.8, 4) is 0 Å². The Morgan fingerprint density at radius 3 is 2.70 bits per heavy atom. The van der Waals surface area contributed by atoms with Crippen LogP contribution in [0.1, 0.15) is 78.3 Å². The Labute approximate surface area is 160 Å². The SMILES string of the molecule is CCCNC(=O)c1nc(C(=O)Nc2ccccc2C(C)C)c2n1CCCC2. The molecule has 0 fully saturated rings. The van der Waals surface area contributed by atoms with E-state index in [0.717, 1.165) is 49.2 Å². The zero-order valence-corrected chi connectivity index (χ0v) is 16.3. The van der Waals surface area contributed by atoms with Crippen LogP contribution >= 0.6 is 0 Å². The van der Waals surface area contributed by atoms with Crippen LogP contribution in [0.4, 0.5) is 5.69 Å². The molecule has 0 aliphatic carbocycles. The van der Waals surface area contributed by atoms with Gasteiger partial charge < -0.3 is 15.2 Å². The van der Waals surface area contributed by atoms with Crippen molar-refractivity contribution in [3.63, 3.8) is 0 Å². The van der Waals surface area contributed by atoms with Crippen molar-refractivity contribution in [2.24, 2.45) is 0 Å². The average Bonchev–Trinajstić information content (AvgIpc) is 3.06. The average molecular weight is 368 g/mol. The first-order valence-corrected chi connectivity index (χ1v) is 9.80. The molecule has 1 aromatic heterocycles. The van der Waals surface area contributed by atoms with Crippen molar-refractivity contribution in [1.82, 2.24) is 14.9 Å². The lowest BCUT2D eigenvalue weighted by Crippen LogP contribution is -2.28. The van der Waals surface area contributed by atoms with Crippen molar-refractivity contribution < 1.29 is 9.59 Å². The third-order valence-electron chi connectivity index (χ3n) is 4.90. The number of carbonyl (C=O) groups is 2. The van der Waals surface area contributed by atoms with Crippen molar-refractivity contribution in [1.29, 1.82) is 0 Å². The van der Waals surface area contributed by atoms with Gasteiger partial charge >= 0.3 is 0 Å². The van der Waals surface area contributed by atoms with Crippen molar-refractivity contribution in [2.45, 2.75) is 58.9 Å². The highest BCUT2D eigenvalue weighted by molar-refractivity contribution is 6.05. The van der Waals surface area contributed by atoms with E-state index in [4.69, 9.17) is 0 Å². The van der Waals surface area contributed by atoms with Gasteiger partial charge in [0, 0.05) is 18.8 Å². The van der Waals surface area contributed by atoms with Crippen LogP contribution < -0.4 is 10.6 Å². The first-order valence-electron chi connectivity index (χ1n) is 9.80. The summed E-state index contributed by atoms with van der Waals surface area (Å²) in [7, 11) is 0. The second-order valence-electron chi connectivity index (χ2n) is 7.29. The molecule has 3 rings (SSSR count). The van der Waals surface area contributed by atoms with Gasteiger partial charge in [-0.1, -0.05) is 39.0 Å². The molecule has 27 heavy (non-hydrogen) atoms.